The molecule has 0 fully saturated rings. The van der Waals surface area contributed by atoms with Gasteiger partial charge in [-0.3, -0.25) is 4.79 Å². The Kier molecular flexibility index (Phi) is 6.19. The van der Waals surface area contributed by atoms with Crippen molar-refractivity contribution in [1.29, 1.82) is 0 Å². The number of carbonyl (C=O) groups excluding carboxylic acids is 1. The van der Waals surface area contributed by atoms with Crippen molar-refractivity contribution in [2.45, 2.75) is 6.42 Å². The number of ketones is 1. The Morgan fingerprint density at radius 3 is 2.03 bits per heavy atom. The lowest BCUT2D eigenvalue weighted by Crippen LogP contribution is -2.16. The van der Waals surface area contributed by atoms with Gasteiger partial charge in [-0.1, -0.05) is 12.1 Å². The van der Waals surface area contributed by atoms with Gasteiger partial charge in [-0.25, -0.2) is 4.79 Å². The van der Waals surface area contributed by atoms with Gasteiger partial charge in [0.05, 0.1) is 14.2 Å². The molecule has 0 radical (unpaired) electrons. The summed E-state index contributed by atoms with van der Waals surface area (Å²) in [5, 5.41) is 9.82. The molecule has 0 aromatic heterocycles. The van der Waals surface area contributed by atoms with Crippen molar-refractivity contribution in [3.8, 4) is 11.5 Å². The fourth-order valence-electron chi connectivity index (χ4n) is 2.90. The number of aliphatic carboxylic acids is 1. The summed E-state index contributed by atoms with van der Waals surface area (Å²) < 4.78 is 20.5. The normalized spacial score (nSPS) is 13.5. The topological polar surface area (TPSA) is 91.3 Å². The predicted molar refractivity (Wildman–Crippen MR) is 104 cm³/mol. The van der Waals surface area contributed by atoms with Crippen molar-refractivity contribution in [2.75, 3.05) is 21.0 Å². The highest BCUT2D eigenvalue weighted by Crippen LogP contribution is 2.27. The van der Waals surface area contributed by atoms with Crippen molar-refractivity contribution in [1.82, 2.24) is 0 Å². The van der Waals surface area contributed by atoms with Crippen LogP contribution in [-0.2, 0) is 20.7 Å². The molecule has 7 heteroatoms. The summed E-state index contributed by atoms with van der Waals surface area (Å²) in [5.74, 6) is -0.419. The molecule has 0 saturated heterocycles. The summed E-state index contributed by atoms with van der Waals surface area (Å²) in [6.07, 6.45) is 1.30. The smallest absolute Gasteiger partial charge is 0.340 e. The molecular formula is C22H20O7. The minimum atomic E-state index is -1.27. The molecule has 2 aromatic rings. The minimum Gasteiger partial charge on any atom is -0.497 e. The number of methoxy groups -OCH3 is 2. The highest BCUT2D eigenvalue weighted by Gasteiger charge is 2.28. The zero-order chi connectivity index (χ0) is 20.8. The standard InChI is InChI=1S/C22H20O7/c1-26-16-7-3-14(4-8-16)11-18(20(22(24)25)19-12-28-13-29-19)21(23)15-5-9-17(27-2)10-6-15/h3-10,12H,11,13H2,1-2H3,(H,24,25). The number of allylic oxidation sites excluding steroid dienone is 1. The Bertz CT molecular complexity index is 954. The number of Topliss-reactive ketones (excluding diaryl/α,β-unsaturated/α-hetero) is 1. The zero-order valence-corrected chi connectivity index (χ0v) is 16.0. The van der Waals surface area contributed by atoms with Crippen LogP contribution < -0.4 is 9.47 Å². The summed E-state index contributed by atoms with van der Waals surface area (Å²) in [4.78, 5) is 25.3. The van der Waals surface area contributed by atoms with E-state index in [2.05, 4.69) is 0 Å². The van der Waals surface area contributed by atoms with E-state index in [9.17, 15) is 14.7 Å². The number of benzene rings is 2. The van der Waals surface area contributed by atoms with Gasteiger partial charge in [-0.15, -0.1) is 0 Å². The molecule has 0 spiro atoms. The lowest BCUT2D eigenvalue weighted by atomic mass is 9.92. The van der Waals surface area contributed by atoms with E-state index in [0.29, 0.717) is 17.1 Å². The molecule has 29 heavy (non-hydrogen) atoms. The Morgan fingerprint density at radius 2 is 1.55 bits per heavy atom. The highest BCUT2D eigenvalue weighted by molar-refractivity contribution is 6.14. The average Bonchev–Trinajstić information content (AvgIpc) is 3.27. The second kappa shape index (κ2) is 8.97. The van der Waals surface area contributed by atoms with Gasteiger partial charge in [0.25, 0.3) is 0 Å². The Labute approximate surface area is 167 Å². The predicted octanol–water partition coefficient (Wildman–Crippen LogP) is 3.36. The highest BCUT2D eigenvalue weighted by atomic mass is 16.7. The Hall–Kier alpha value is -3.74. The van der Waals surface area contributed by atoms with Crippen molar-refractivity contribution >= 4 is 11.8 Å². The Morgan fingerprint density at radius 1 is 0.966 bits per heavy atom. The molecule has 0 atom stereocenters. The van der Waals surface area contributed by atoms with Gasteiger partial charge in [0, 0.05) is 17.6 Å². The monoisotopic (exact) mass is 396 g/mol. The summed E-state index contributed by atoms with van der Waals surface area (Å²) in [5.41, 5.74) is 0.956. The maximum atomic E-state index is 13.3. The molecule has 2 aromatic carbocycles. The van der Waals surface area contributed by atoms with Crippen molar-refractivity contribution in [3.63, 3.8) is 0 Å². The fraction of sp³-hybridized carbons (Fsp3) is 0.182. The average molecular weight is 396 g/mol. The van der Waals surface area contributed by atoms with Crippen LogP contribution in [0.25, 0.3) is 0 Å². The maximum absolute atomic E-state index is 13.3. The molecule has 1 N–H and O–H groups in total. The molecule has 3 rings (SSSR count). The van der Waals surface area contributed by atoms with Crippen LogP contribution in [0.2, 0.25) is 0 Å². The van der Waals surface area contributed by atoms with Gasteiger partial charge in [-0.2, -0.15) is 0 Å². The number of rotatable bonds is 8. The molecule has 0 aliphatic carbocycles. The van der Waals surface area contributed by atoms with E-state index in [4.69, 9.17) is 18.9 Å². The minimum absolute atomic E-state index is 0.0165. The van der Waals surface area contributed by atoms with Crippen LogP contribution in [0.3, 0.4) is 0 Å². The van der Waals surface area contributed by atoms with E-state index in [-0.39, 0.29) is 30.1 Å². The van der Waals surface area contributed by atoms with E-state index in [1.165, 1.54) is 13.4 Å². The lowest BCUT2D eigenvalue weighted by molar-refractivity contribution is -0.132. The SMILES string of the molecule is COc1ccc(CC(C(=O)c2ccc(OC)cc2)=C(C(=O)O)C2=COCO2)cc1. The lowest BCUT2D eigenvalue weighted by Gasteiger charge is -2.13. The molecule has 7 nitrogen and oxygen atoms in total. The maximum Gasteiger partial charge on any atom is 0.340 e. The third kappa shape index (κ3) is 4.57. The zero-order valence-electron chi connectivity index (χ0n) is 16.0. The molecule has 150 valence electrons. The van der Waals surface area contributed by atoms with Gasteiger partial charge in [0.2, 0.25) is 6.79 Å². The first-order chi connectivity index (χ1) is 14.0. The van der Waals surface area contributed by atoms with Crippen molar-refractivity contribution < 1.29 is 33.6 Å². The summed E-state index contributed by atoms with van der Waals surface area (Å²) in [6.45, 7) is -0.0986. The molecule has 0 bridgehead atoms. The molecule has 1 aliphatic rings. The third-order valence-electron chi connectivity index (χ3n) is 4.40. The second-order valence-electron chi connectivity index (χ2n) is 6.15. The van der Waals surface area contributed by atoms with Crippen LogP contribution in [0.5, 0.6) is 11.5 Å². The van der Waals surface area contributed by atoms with Gasteiger partial charge >= 0.3 is 5.97 Å². The second-order valence-corrected chi connectivity index (χ2v) is 6.15. The molecule has 0 saturated carbocycles. The van der Waals surface area contributed by atoms with Crippen LogP contribution in [0.1, 0.15) is 15.9 Å². The summed E-state index contributed by atoms with van der Waals surface area (Å²) >= 11 is 0. The van der Waals surface area contributed by atoms with Crippen LogP contribution >= 0.6 is 0 Å². The molecular weight excluding hydrogens is 376 g/mol. The van der Waals surface area contributed by atoms with E-state index >= 15 is 0 Å². The first kappa shape index (κ1) is 20.0. The third-order valence-corrected chi connectivity index (χ3v) is 4.40. The number of hydrogen-bond acceptors (Lipinski definition) is 6. The first-order valence-electron chi connectivity index (χ1n) is 8.76. The first-order valence-corrected chi connectivity index (χ1v) is 8.76. The van der Waals surface area contributed by atoms with Gasteiger partial charge in [0.15, 0.2) is 11.5 Å². The molecule has 1 heterocycles. The van der Waals surface area contributed by atoms with Crippen molar-refractivity contribution in [3.05, 3.63) is 82.8 Å². The number of carbonyl (C=O) groups is 2. The summed E-state index contributed by atoms with van der Waals surface area (Å²) in [7, 11) is 3.08. The van der Waals surface area contributed by atoms with Crippen LogP contribution in [0, 0.1) is 0 Å². The fourth-order valence-corrected chi connectivity index (χ4v) is 2.90. The van der Waals surface area contributed by atoms with E-state index in [1.807, 2.05) is 0 Å². The van der Waals surface area contributed by atoms with Crippen LogP contribution in [0.15, 0.2) is 71.7 Å². The van der Waals surface area contributed by atoms with Crippen LogP contribution in [0.4, 0.5) is 0 Å². The van der Waals surface area contributed by atoms with Crippen molar-refractivity contribution in [2.24, 2.45) is 0 Å². The van der Waals surface area contributed by atoms with Gasteiger partial charge < -0.3 is 24.1 Å². The van der Waals surface area contributed by atoms with Gasteiger partial charge in [0.1, 0.15) is 23.3 Å². The van der Waals surface area contributed by atoms with Gasteiger partial charge in [-0.05, 0) is 42.0 Å². The number of hydrogen-bond donors (Lipinski definition) is 1. The number of carboxylic acids is 1. The number of carboxylic acid groups (broad SMARTS) is 1. The van der Waals surface area contributed by atoms with E-state index < -0.39 is 11.8 Å². The number of ether oxygens (including phenoxy) is 4. The summed E-state index contributed by atoms with van der Waals surface area (Å²) in [6, 6.07) is 13.5. The van der Waals surface area contributed by atoms with E-state index in [1.54, 1.807) is 55.6 Å². The van der Waals surface area contributed by atoms with E-state index in [0.717, 1.165) is 5.56 Å². The molecule has 1 aliphatic heterocycles. The molecule has 0 unspecified atom stereocenters. The largest absolute Gasteiger partial charge is 0.497 e. The Balaban J connectivity index is 2.07. The quantitative estimate of drug-likeness (QED) is 0.540. The van der Waals surface area contributed by atoms with Crippen LogP contribution in [-0.4, -0.2) is 37.9 Å². The molecule has 0 amide bonds.